The fourth-order valence-electron chi connectivity index (χ4n) is 3.10. The molecule has 1 aliphatic carbocycles. The molecule has 0 radical (unpaired) electrons. The number of carbonyl (C=O) groups is 1. The van der Waals surface area contributed by atoms with E-state index in [9.17, 15) is 4.79 Å². The second-order valence-electron chi connectivity index (χ2n) is 5.82. The van der Waals surface area contributed by atoms with E-state index < -0.39 is 0 Å². The van der Waals surface area contributed by atoms with Crippen LogP contribution in [0.3, 0.4) is 0 Å². The summed E-state index contributed by atoms with van der Waals surface area (Å²) in [6.45, 7) is 2.82. The maximum Gasteiger partial charge on any atom is 0.221 e. The Balaban J connectivity index is 1.62. The van der Waals surface area contributed by atoms with Gasteiger partial charge in [0.05, 0.1) is 0 Å². The Morgan fingerprint density at radius 2 is 1.85 bits per heavy atom. The maximum atomic E-state index is 11.9. The molecule has 20 heavy (non-hydrogen) atoms. The number of amides is 1. The highest BCUT2D eigenvalue weighted by Crippen LogP contribution is 2.17. The second kappa shape index (κ2) is 8.12. The molecule has 1 saturated heterocycles. The summed E-state index contributed by atoms with van der Waals surface area (Å²) in [6, 6.07) is 0.411. The van der Waals surface area contributed by atoms with E-state index in [2.05, 4.69) is 20.5 Å². The van der Waals surface area contributed by atoms with Crippen molar-refractivity contribution in [2.75, 3.05) is 26.7 Å². The lowest BCUT2D eigenvalue weighted by Crippen LogP contribution is -2.42. The number of nitrogens with one attached hydrogen (secondary N) is 2. The van der Waals surface area contributed by atoms with Crippen LogP contribution in [-0.4, -0.2) is 49.5 Å². The van der Waals surface area contributed by atoms with Gasteiger partial charge in [0.15, 0.2) is 5.96 Å². The Morgan fingerprint density at radius 1 is 1.15 bits per heavy atom. The minimum absolute atomic E-state index is 0.168. The summed E-state index contributed by atoms with van der Waals surface area (Å²) in [7, 11) is 1.81. The van der Waals surface area contributed by atoms with E-state index in [1.165, 1.54) is 32.1 Å². The zero-order valence-electron chi connectivity index (χ0n) is 12.7. The smallest absolute Gasteiger partial charge is 0.221 e. The Hall–Kier alpha value is -1.26. The molecule has 1 amide bonds. The third-order valence-electron chi connectivity index (χ3n) is 4.22. The molecule has 2 fully saturated rings. The number of aliphatic imine (C=N–C) groups is 1. The number of nitrogens with zero attached hydrogens (tertiary/aromatic N) is 2. The summed E-state index contributed by atoms with van der Waals surface area (Å²) < 4.78 is 0. The van der Waals surface area contributed by atoms with Crippen LogP contribution in [-0.2, 0) is 4.79 Å². The van der Waals surface area contributed by atoms with E-state index in [-0.39, 0.29) is 5.91 Å². The molecule has 0 aromatic carbocycles. The molecule has 114 valence electrons. The number of carbonyl (C=O) groups excluding carboxylic acids is 1. The molecule has 1 saturated carbocycles. The monoisotopic (exact) mass is 280 g/mol. The van der Waals surface area contributed by atoms with Gasteiger partial charge >= 0.3 is 0 Å². The molecule has 1 aliphatic heterocycles. The Bertz CT molecular complexity index is 331. The highest BCUT2D eigenvalue weighted by molar-refractivity contribution is 5.81. The van der Waals surface area contributed by atoms with Gasteiger partial charge in [-0.25, -0.2) is 0 Å². The van der Waals surface area contributed by atoms with Crippen molar-refractivity contribution in [3.8, 4) is 0 Å². The number of hydrogen-bond donors (Lipinski definition) is 2. The van der Waals surface area contributed by atoms with Gasteiger partial charge in [-0.3, -0.25) is 9.79 Å². The number of guanidine groups is 1. The van der Waals surface area contributed by atoms with E-state index in [1.54, 1.807) is 0 Å². The van der Waals surface area contributed by atoms with Crippen LogP contribution in [0.5, 0.6) is 0 Å². The molecule has 0 unspecified atom stereocenters. The average molecular weight is 280 g/mol. The predicted molar refractivity (Wildman–Crippen MR) is 81.8 cm³/mol. The largest absolute Gasteiger partial charge is 0.356 e. The molecular weight excluding hydrogens is 252 g/mol. The van der Waals surface area contributed by atoms with E-state index in [1.807, 2.05) is 7.05 Å². The van der Waals surface area contributed by atoms with E-state index in [4.69, 9.17) is 0 Å². The van der Waals surface area contributed by atoms with Crippen molar-refractivity contribution in [3.05, 3.63) is 0 Å². The Morgan fingerprint density at radius 3 is 2.50 bits per heavy atom. The van der Waals surface area contributed by atoms with Gasteiger partial charge in [0.25, 0.3) is 0 Å². The molecule has 5 heteroatoms. The maximum absolute atomic E-state index is 11.9. The predicted octanol–water partition coefficient (Wildman–Crippen LogP) is 1.50. The van der Waals surface area contributed by atoms with E-state index in [0.717, 1.165) is 31.9 Å². The molecular formula is C15H28N4O. The van der Waals surface area contributed by atoms with Crippen LogP contribution in [0.2, 0.25) is 0 Å². The Labute approximate surface area is 122 Å². The minimum atomic E-state index is 0.168. The quantitative estimate of drug-likeness (QED) is 0.606. The molecule has 0 spiro atoms. The van der Waals surface area contributed by atoms with Crippen LogP contribution in [0.1, 0.15) is 51.4 Å². The average Bonchev–Trinajstić information content (AvgIpc) is 2.99. The molecule has 0 bridgehead atoms. The summed E-state index contributed by atoms with van der Waals surface area (Å²) in [5.74, 6) is 1.11. The highest BCUT2D eigenvalue weighted by atomic mass is 16.1. The topological polar surface area (TPSA) is 56.7 Å². The van der Waals surface area contributed by atoms with Gasteiger partial charge in [-0.1, -0.05) is 19.3 Å². The number of rotatable bonds is 4. The molecule has 0 atom stereocenters. The fourth-order valence-corrected chi connectivity index (χ4v) is 3.10. The lowest BCUT2D eigenvalue weighted by molar-refractivity contribution is -0.121. The van der Waals surface area contributed by atoms with Crippen molar-refractivity contribution in [2.45, 2.75) is 57.4 Å². The summed E-state index contributed by atoms with van der Waals surface area (Å²) in [5, 5.41) is 6.44. The van der Waals surface area contributed by atoms with Crippen LogP contribution >= 0.6 is 0 Å². The van der Waals surface area contributed by atoms with Crippen LogP contribution in [0.25, 0.3) is 0 Å². The normalized spacial score (nSPS) is 21.1. The van der Waals surface area contributed by atoms with Crippen LogP contribution in [0.15, 0.2) is 4.99 Å². The molecule has 2 rings (SSSR count). The van der Waals surface area contributed by atoms with Gasteiger partial charge in [-0.05, 0) is 25.7 Å². The van der Waals surface area contributed by atoms with Crippen LogP contribution in [0.4, 0.5) is 0 Å². The van der Waals surface area contributed by atoms with Gasteiger partial charge in [0, 0.05) is 39.1 Å². The van der Waals surface area contributed by atoms with E-state index >= 15 is 0 Å². The lowest BCUT2D eigenvalue weighted by Gasteiger charge is -2.23. The standard InChI is InChI=1S/C15H28N4O/c1-16-15(19-11-5-6-12-19)17-10-9-14(20)18-13-7-3-2-4-8-13/h13H,2-12H2,1H3,(H,16,17)(H,18,20). The Kier molecular flexibility index (Phi) is 6.15. The summed E-state index contributed by atoms with van der Waals surface area (Å²) >= 11 is 0. The minimum Gasteiger partial charge on any atom is -0.356 e. The van der Waals surface area contributed by atoms with E-state index in [0.29, 0.717) is 19.0 Å². The third kappa shape index (κ3) is 4.69. The van der Waals surface area contributed by atoms with Gasteiger partial charge in [0.2, 0.25) is 5.91 Å². The second-order valence-corrected chi connectivity index (χ2v) is 5.82. The van der Waals surface area contributed by atoms with Crippen LogP contribution in [0, 0.1) is 0 Å². The highest BCUT2D eigenvalue weighted by Gasteiger charge is 2.17. The third-order valence-corrected chi connectivity index (χ3v) is 4.22. The SMILES string of the molecule is CN=C(NCCC(=O)NC1CCCCC1)N1CCCC1. The number of likely N-dealkylation sites (tertiary alicyclic amines) is 1. The van der Waals surface area contributed by atoms with Crippen molar-refractivity contribution in [1.82, 2.24) is 15.5 Å². The van der Waals surface area contributed by atoms with Gasteiger partial charge in [-0.15, -0.1) is 0 Å². The molecule has 5 nitrogen and oxygen atoms in total. The fraction of sp³-hybridized carbons (Fsp3) is 0.867. The van der Waals surface area contributed by atoms with Crippen molar-refractivity contribution >= 4 is 11.9 Å². The van der Waals surface area contributed by atoms with Crippen LogP contribution < -0.4 is 10.6 Å². The van der Waals surface area contributed by atoms with Gasteiger partial charge in [-0.2, -0.15) is 0 Å². The van der Waals surface area contributed by atoms with Gasteiger partial charge in [0.1, 0.15) is 0 Å². The molecule has 2 N–H and O–H groups in total. The zero-order chi connectivity index (χ0) is 14.2. The summed E-state index contributed by atoms with van der Waals surface area (Å²) in [6.07, 6.45) is 9.13. The lowest BCUT2D eigenvalue weighted by atomic mass is 9.95. The van der Waals surface area contributed by atoms with Crippen molar-refractivity contribution < 1.29 is 4.79 Å². The van der Waals surface area contributed by atoms with Crippen molar-refractivity contribution in [2.24, 2.45) is 4.99 Å². The van der Waals surface area contributed by atoms with Crippen molar-refractivity contribution in [1.29, 1.82) is 0 Å². The zero-order valence-corrected chi connectivity index (χ0v) is 12.7. The summed E-state index contributed by atoms with van der Waals surface area (Å²) in [5.41, 5.74) is 0. The molecule has 0 aromatic rings. The first-order chi connectivity index (χ1) is 9.79. The first-order valence-electron chi connectivity index (χ1n) is 8.04. The first kappa shape index (κ1) is 15.1. The summed E-state index contributed by atoms with van der Waals surface area (Å²) in [4.78, 5) is 18.4. The first-order valence-corrected chi connectivity index (χ1v) is 8.04. The molecule has 2 aliphatic rings. The van der Waals surface area contributed by atoms with Gasteiger partial charge < -0.3 is 15.5 Å². The molecule has 0 aromatic heterocycles. The number of hydrogen-bond acceptors (Lipinski definition) is 2. The molecule has 1 heterocycles. The van der Waals surface area contributed by atoms with Crippen molar-refractivity contribution in [3.63, 3.8) is 0 Å².